The predicted molar refractivity (Wildman–Crippen MR) is 188 cm³/mol. The zero-order chi connectivity index (χ0) is 35.3. The average molecular weight is 698 g/mol. The van der Waals surface area contributed by atoms with Gasteiger partial charge in [0.1, 0.15) is 17.7 Å². The third-order valence-corrected chi connectivity index (χ3v) is 10.2. The molecule has 49 heavy (non-hydrogen) atoms. The summed E-state index contributed by atoms with van der Waals surface area (Å²) in [5.74, 6) is -1.27. The van der Waals surface area contributed by atoms with Crippen LogP contribution in [-0.2, 0) is 16.1 Å². The van der Waals surface area contributed by atoms with E-state index in [4.69, 9.17) is 4.74 Å². The molecular formula is C38H49F2N3O5S. The lowest BCUT2D eigenvalue weighted by Crippen LogP contribution is -2.53. The number of halogens is 2. The fourth-order valence-corrected chi connectivity index (χ4v) is 7.03. The summed E-state index contributed by atoms with van der Waals surface area (Å²) in [7, 11) is 1.21. The summed E-state index contributed by atoms with van der Waals surface area (Å²) in [6, 6.07) is 17.8. The van der Waals surface area contributed by atoms with Crippen LogP contribution in [0.5, 0.6) is 0 Å². The van der Waals surface area contributed by atoms with Gasteiger partial charge in [0.25, 0.3) is 0 Å². The third-order valence-electron chi connectivity index (χ3n) is 8.98. The topological polar surface area (TPSA) is 111 Å². The van der Waals surface area contributed by atoms with Gasteiger partial charge in [-0.05, 0) is 115 Å². The molecule has 0 bridgehead atoms. The maximum atomic E-state index is 14.1. The Balaban J connectivity index is 1.50. The van der Waals surface area contributed by atoms with Gasteiger partial charge in [0, 0.05) is 29.4 Å². The Morgan fingerprint density at radius 1 is 0.878 bits per heavy atom. The van der Waals surface area contributed by atoms with Gasteiger partial charge in [-0.15, -0.1) is 0 Å². The van der Waals surface area contributed by atoms with Crippen LogP contribution in [0.1, 0.15) is 75.0 Å². The zero-order valence-electron chi connectivity index (χ0n) is 28.5. The summed E-state index contributed by atoms with van der Waals surface area (Å²) in [6.45, 7) is 5.12. The Kier molecular flexibility index (Phi) is 14.9. The van der Waals surface area contributed by atoms with Crippen molar-refractivity contribution in [2.24, 2.45) is 11.8 Å². The second kappa shape index (κ2) is 19.0. The van der Waals surface area contributed by atoms with Crippen LogP contribution in [0.4, 0.5) is 13.6 Å². The Morgan fingerprint density at radius 3 is 1.96 bits per heavy atom. The number of rotatable bonds is 19. The first kappa shape index (κ1) is 38.3. The number of amides is 2. The van der Waals surface area contributed by atoms with Gasteiger partial charge in [-0.2, -0.15) is 0 Å². The molecule has 266 valence electrons. The highest BCUT2D eigenvalue weighted by Gasteiger charge is 2.38. The number of carbonyl (C=O) groups is 2. The Hall–Kier alpha value is -3.51. The predicted octanol–water partition coefficient (Wildman–Crippen LogP) is 6.80. The first-order valence-electron chi connectivity index (χ1n) is 17.0. The number of carbonyl (C=O) groups excluding carboxylic acids is 2. The van der Waals surface area contributed by atoms with Crippen molar-refractivity contribution >= 4 is 23.9 Å². The van der Waals surface area contributed by atoms with Gasteiger partial charge in [-0.25, -0.2) is 17.9 Å². The molecule has 1 fully saturated rings. The lowest BCUT2D eigenvalue weighted by atomic mass is 9.84. The molecule has 0 aromatic heterocycles. The monoisotopic (exact) mass is 697 g/mol. The highest BCUT2D eigenvalue weighted by atomic mass is 32.2. The van der Waals surface area contributed by atoms with Gasteiger partial charge in [-0.1, -0.05) is 50.2 Å². The summed E-state index contributed by atoms with van der Waals surface area (Å²) in [4.78, 5) is 27.7. The number of hydrogen-bond acceptors (Lipinski definition) is 7. The van der Waals surface area contributed by atoms with E-state index in [9.17, 15) is 28.6 Å². The van der Waals surface area contributed by atoms with Crippen molar-refractivity contribution in [3.05, 3.63) is 101 Å². The molecule has 0 heterocycles. The lowest BCUT2D eigenvalue weighted by molar-refractivity contribution is -0.124. The van der Waals surface area contributed by atoms with Crippen LogP contribution in [0, 0.1) is 23.5 Å². The summed E-state index contributed by atoms with van der Waals surface area (Å²) in [6.07, 6.45) is 4.27. The van der Waals surface area contributed by atoms with Crippen LogP contribution < -0.4 is 10.6 Å². The number of ether oxygens (including phenoxy) is 1. The molecule has 4 rings (SSSR count). The molecule has 0 saturated heterocycles. The SMILES string of the molecule is COC(=O)NC(C(=O)NC(CCCC(CO)N(CCC(C)C)Sc1ccc(CO)cc1)C1CC1)C(c1ccc(F)cc1)c1ccc(F)cc1. The number of aliphatic hydroxyl groups excluding tert-OH is 2. The zero-order valence-corrected chi connectivity index (χ0v) is 29.3. The minimum atomic E-state index is -1.13. The Morgan fingerprint density at radius 2 is 1.47 bits per heavy atom. The first-order chi connectivity index (χ1) is 23.6. The van der Waals surface area contributed by atoms with E-state index in [1.54, 1.807) is 36.2 Å². The molecule has 3 aromatic carbocycles. The van der Waals surface area contributed by atoms with Gasteiger partial charge >= 0.3 is 6.09 Å². The van der Waals surface area contributed by atoms with Gasteiger partial charge < -0.3 is 25.6 Å². The molecule has 0 spiro atoms. The normalized spacial score (nSPS) is 14.9. The van der Waals surface area contributed by atoms with Gasteiger partial charge in [0.05, 0.1) is 20.3 Å². The molecule has 2 amide bonds. The van der Waals surface area contributed by atoms with E-state index < -0.39 is 35.6 Å². The highest BCUT2D eigenvalue weighted by Crippen LogP contribution is 2.36. The standard InChI is InChI=1S/C38H49F2N3O5S/c1-25(2)21-22-43(49-33-19-7-26(23-44)8-20-33)32(24-45)5-4-6-34(27-9-10-27)41-37(46)36(42-38(47)48-3)35(28-11-15-30(39)16-12-28)29-13-17-31(40)18-14-29/h7-8,11-20,25,27,32,34-36,44-45H,4-6,9-10,21-24H2,1-3H3,(H,41,46)(H,42,47). The fraction of sp³-hybridized carbons (Fsp3) is 0.474. The fourth-order valence-electron chi connectivity index (χ4n) is 5.98. The average Bonchev–Trinajstić information content (AvgIpc) is 3.95. The summed E-state index contributed by atoms with van der Waals surface area (Å²) >= 11 is 1.61. The maximum absolute atomic E-state index is 14.1. The van der Waals surface area contributed by atoms with E-state index in [1.165, 1.54) is 31.4 Å². The van der Waals surface area contributed by atoms with Crippen LogP contribution in [0.15, 0.2) is 77.7 Å². The minimum absolute atomic E-state index is 0.0115. The quantitative estimate of drug-likeness (QED) is 0.102. The van der Waals surface area contributed by atoms with E-state index in [2.05, 4.69) is 28.8 Å². The van der Waals surface area contributed by atoms with Crippen LogP contribution in [0.25, 0.3) is 0 Å². The molecule has 0 aliphatic heterocycles. The molecule has 8 nitrogen and oxygen atoms in total. The summed E-state index contributed by atoms with van der Waals surface area (Å²) in [5.41, 5.74) is 1.99. The van der Waals surface area contributed by atoms with Crippen molar-refractivity contribution in [2.45, 2.75) is 87.9 Å². The Bertz CT molecular complexity index is 1410. The van der Waals surface area contributed by atoms with Gasteiger partial charge in [-0.3, -0.25) is 4.79 Å². The molecule has 0 radical (unpaired) electrons. The number of aliphatic hydroxyl groups is 2. The molecule has 3 atom stereocenters. The molecule has 11 heteroatoms. The second-order valence-electron chi connectivity index (χ2n) is 13.1. The van der Waals surface area contributed by atoms with E-state index in [0.717, 1.165) is 42.7 Å². The van der Waals surface area contributed by atoms with E-state index in [0.29, 0.717) is 35.8 Å². The second-order valence-corrected chi connectivity index (χ2v) is 14.3. The van der Waals surface area contributed by atoms with Crippen LogP contribution in [0.2, 0.25) is 0 Å². The van der Waals surface area contributed by atoms with Crippen LogP contribution in [-0.4, -0.2) is 64.9 Å². The van der Waals surface area contributed by atoms with Crippen molar-refractivity contribution < 1.29 is 33.3 Å². The third kappa shape index (κ3) is 11.8. The smallest absolute Gasteiger partial charge is 0.407 e. The van der Waals surface area contributed by atoms with E-state index in [1.807, 2.05) is 24.3 Å². The molecule has 1 aliphatic rings. The van der Waals surface area contributed by atoms with Crippen molar-refractivity contribution in [2.75, 3.05) is 20.3 Å². The van der Waals surface area contributed by atoms with Crippen molar-refractivity contribution in [1.29, 1.82) is 0 Å². The number of benzene rings is 3. The minimum Gasteiger partial charge on any atom is -0.453 e. The molecule has 1 aliphatic carbocycles. The number of nitrogens with one attached hydrogen (secondary N) is 2. The van der Waals surface area contributed by atoms with Gasteiger partial charge in [0.2, 0.25) is 5.91 Å². The Labute approximate surface area is 292 Å². The van der Waals surface area contributed by atoms with E-state index in [-0.39, 0.29) is 25.3 Å². The molecule has 4 N–H and O–H groups in total. The first-order valence-corrected chi connectivity index (χ1v) is 17.8. The lowest BCUT2D eigenvalue weighted by Gasteiger charge is -2.31. The van der Waals surface area contributed by atoms with Gasteiger partial charge in [0.15, 0.2) is 0 Å². The van der Waals surface area contributed by atoms with E-state index >= 15 is 0 Å². The molecular weight excluding hydrogens is 648 g/mol. The number of alkyl carbamates (subject to hydrolysis) is 1. The largest absolute Gasteiger partial charge is 0.453 e. The van der Waals surface area contributed by atoms with Crippen molar-refractivity contribution in [3.8, 4) is 0 Å². The molecule has 1 saturated carbocycles. The molecule has 3 aromatic rings. The number of nitrogens with zero attached hydrogens (tertiary/aromatic N) is 1. The van der Waals surface area contributed by atoms with Crippen molar-refractivity contribution in [1.82, 2.24) is 14.9 Å². The van der Waals surface area contributed by atoms with Crippen LogP contribution >= 0.6 is 11.9 Å². The summed E-state index contributed by atoms with van der Waals surface area (Å²) in [5, 5.41) is 25.8. The van der Waals surface area contributed by atoms with Crippen LogP contribution in [0.3, 0.4) is 0 Å². The van der Waals surface area contributed by atoms with Crippen molar-refractivity contribution in [3.63, 3.8) is 0 Å². The molecule has 3 unspecified atom stereocenters. The highest BCUT2D eigenvalue weighted by molar-refractivity contribution is 7.97. The number of methoxy groups -OCH3 is 1. The maximum Gasteiger partial charge on any atom is 0.407 e. The summed E-state index contributed by atoms with van der Waals surface area (Å²) < 4.78 is 35.0. The number of hydrogen-bond donors (Lipinski definition) is 4.